The third-order valence-electron chi connectivity index (χ3n) is 1.60. The van der Waals surface area contributed by atoms with Crippen LogP contribution < -0.4 is 0 Å². The van der Waals surface area contributed by atoms with E-state index >= 15 is 0 Å². The Morgan fingerprint density at radius 3 is 2.64 bits per heavy atom. The molecule has 0 spiro atoms. The summed E-state index contributed by atoms with van der Waals surface area (Å²) in [5.41, 5.74) is -2.20. The molecular formula is C7H5F3N2O2. The van der Waals surface area contributed by atoms with Crippen molar-refractivity contribution < 1.29 is 18.1 Å². The summed E-state index contributed by atoms with van der Waals surface area (Å²) in [6, 6.07) is 0.890. The van der Waals surface area contributed by atoms with E-state index < -0.39 is 35.0 Å². The summed E-state index contributed by atoms with van der Waals surface area (Å²) in [4.78, 5) is 12.6. The van der Waals surface area contributed by atoms with Gasteiger partial charge in [0.25, 0.3) is 12.1 Å². The Balaban J connectivity index is 3.32. The third kappa shape index (κ3) is 1.81. The summed E-state index contributed by atoms with van der Waals surface area (Å²) in [6.45, 7) is -1.33. The fourth-order valence-electron chi connectivity index (χ4n) is 0.994. The second-order valence-electron chi connectivity index (χ2n) is 2.39. The van der Waals surface area contributed by atoms with Gasteiger partial charge in [0.2, 0.25) is 0 Å². The summed E-state index contributed by atoms with van der Waals surface area (Å²) in [5.74, 6) is 0. The van der Waals surface area contributed by atoms with Crippen LogP contribution in [0.3, 0.4) is 0 Å². The first kappa shape index (κ1) is 10.4. The van der Waals surface area contributed by atoms with E-state index in [1.54, 1.807) is 0 Å². The first-order chi connectivity index (χ1) is 6.57. The molecule has 0 amide bonds. The summed E-state index contributed by atoms with van der Waals surface area (Å²) in [6.07, 6.45) is -2.15. The van der Waals surface area contributed by atoms with E-state index in [9.17, 15) is 23.3 Å². The van der Waals surface area contributed by atoms with Crippen LogP contribution in [0.1, 0.15) is 17.7 Å². The van der Waals surface area contributed by atoms with Gasteiger partial charge in [-0.3, -0.25) is 15.1 Å². The predicted molar refractivity (Wildman–Crippen MR) is 40.7 cm³/mol. The molecule has 0 aliphatic carbocycles. The molecule has 0 aromatic carbocycles. The van der Waals surface area contributed by atoms with Gasteiger partial charge in [-0.2, -0.15) is 0 Å². The molecule has 1 rings (SSSR count). The molecule has 0 saturated heterocycles. The van der Waals surface area contributed by atoms with Gasteiger partial charge in [0, 0.05) is 12.3 Å². The van der Waals surface area contributed by atoms with Crippen molar-refractivity contribution in [1.29, 1.82) is 0 Å². The minimum absolute atomic E-state index is 0.660. The van der Waals surface area contributed by atoms with E-state index in [0.29, 0.717) is 0 Å². The monoisotopic (exact) mass is 206 g/mol. The highest BCUT2D eigenvalue weighted by Crippen LogP contribution is 2.28. The second-order valence-corrected chi connectivity index (χ2v) is 2.39. The van der Waals surface area contributed by atoms with Gasteiger partial charge < -0.3 is 0 Å². The van der Waals surface area contributed by atoms with Gasteiger partial charge in [-0.1, -0.05) is 0 Å². The molecule has 1 aromatic rings. The standard InChI is InChI=1S/C7H5F3N2O2/c8-3-4-5(12(13)14)1-2-11-6(4)7(9)10/h1-2,7H,3H2. The van der Waals surface area contributed by atoms with Crippen molar-refractivity contribution in [1.82, 2.24) is 4.98 Å². The van der Waals surface area contributed by atoms with Gasteiger partial charge >= 0.3 is 0 Å². The molecule has 7 heteroatoms. The molecule has 1 aromatic heterocycles. The number of nitro groups is 1. The van der Waals surface area contributed by atoms with E-state index in [-0.39, 0.29) is 0 Å². The van der Waals surface area contributed by atoms with Crippen molar-refractivity contribution in [3.8, 4) is 0 Å². The maximum atomic E-state index is 12.3. The average molecular weight is 206 g/mol. The van der Waals surface area contributed by atoms with Gasteiger partial charge in [0.15, 0.2) is 0 Å². The van der Waals surface area contributed by atoms with Crippen LogP contribution >= 0.6 is 0 Å². The quantitative estimate of drug-likeness (QED) is 0.563. The van der Waals surface area contributed by atoms with Crippen molar-refractivity contribution in [2.45, 2.75) is 13.1 Å². The van der Waals surface area contributed by atoms with Crippen LogP contribution in [0.2, 0.25) is 0 Å². The molecular weight excluding hydrogens is 201 g/mol. The van der Waals surface area contributed by atoms with Gasteiger partial charge in [-0.15, -0.1) is 0 Å². The summed E-state index contributed by atoms with van der Waals surface area (Å²) < 4.78 is 36.7. The predicted octanol–water partition coefficient (Wildman–Crippen LogP) is 2.40. The maximum Gasteiger partial charge on any atom is 0.280 e. The van der Waals surface area contributed by atoms with Gasteiger partial charge in [0.1, 0.15) is 12.4 Å². The number of hydrogen-bond acceptors (Lipinski definition) is 3. The molecule has 76 valence electrons. The average Bonchev–Trinajstić information content (AvgIpc) is 2.16. The minimum Gasteiger partial charge on any atom is -0.258 e. The number of nitrogens with zero attached hydrogens (tertiary/aromatic N) is 2. The lowest BCUT2D eigenvalue weighted by molar-refractivity contribution is -0.385. The van der Waals surface area contributed by atoms with E-state index in [0.717, 1.165) is 12.3 Å². The Kier molecular flexibility index (Phi) is 3.00. The van der Waals surface area contributed by atoms with Gasteiger partial charge in [-0.25, -0.2) is 13.2 Å². The zero-order valence-corrected chi connectivity index (χ0v) is 6.78. The normalized spacial score (nSPS) is 10.6. The minimum atomic E-state index is -3.01. The van der Waals surface area contributed by atoms with Crippen molar-refractivity contribution in [3.63, 3.8) is 0 Å². The first-order valence-electron chi connectivity index (χ1n) is 3.54. The lowest BCUT2D eigenvalue weighted by atomic mass is 10.2. The number of alkyl halides is 3. The molecule has 0 bridgehead atoms. The summed E-state index contributed by atoms with van der Waals surface area (Å²) in [7, 11) is 0. The number of hydrogen-bond donors (Lipinski definition) is 0. The van der Waals surface area contributed by atoms with E-state index in [1.165, 1.54) is 0 Å². The van der Waals surface area contributed by atoms with Crippen LogP contribution in [0.25, 0.3) is 0 Å². The molecule has 0 radical (unpaired) electrons. The molecule has 0 N–H and O–H groups in total. The van der Waals surface area contributed by atoms with Crippen molar-refractivity contribution >= 4 is 5.69 Å². The van der Waals surface area contributed by atoms with Crippen molar-refractivity contribution in [3.05, 3.63) is 33.6 Å². The van der Waals surface area contributed by atoms with E-state index in [1.807, 2.05) is 0 Å². The molecule has 0 aliphatic heterocycles. The molecule has 1 heterocycles. The van der Waals surface area contributed by atoms with Crippen molar-refractivity contribution in [2.24, 2.45) is 0 Å². The Labute approximate surface area is 76.5 Å². The van der Waals surface area contributed by atoms with Crippen LogP contribution in [0.15, 0.2) is 12.3 Å². The Hall–Kier alpha value is -1.66. The van der Waals surface area contributed by atoms with E-state index in [2.05, 4.69) is 4.98 Å². The fraction of sp³-hybridized carbons (Fsp3) is 0.286. The fourth-order valence-corrected chi connectivity index (χ4v) is 0.994. The lowest BCUT2D eigenvalue weighted by Gasteiger charge is -2.03. The van der Waals surface area contributed by atoms with Gasteiger partial charge in [-0.05, 0) is 0 Å². The highest BCUT2D eigenvalue weighted by Gasteiger charge is 2.23. The molecule has 0 fully saturated rings. The lowest BCUT2D eigenvalue weighted by Crippen LogP contribution is -2.02. The number of pyridine rings is 1. The number of halogens is 3. The Bertz CT molecular complexity index is 357. The van der Waals surface area contributed by atoms with Gasteiger partial charge in [0.05, 0.1) is 10.5 Å². The van der Waals surface area contributed by atoms with Crippen LogP contribution in [0.5, 0.6) is 0 Å². The Morgan fingerprint density at radius 1 is 1.57 bits per heavy atom. The Morgan fingerprint density at radius 2 is 2.21 bits per heavy atom. The van der Waals surface area contributed by atoms with Crippen LogP contribution in [-0.2, 0) is 6.67 Å². The second kappa shape index (κ2) is 4.03. The first-order valence-corrected chi connectivity index (χ1v) is 3.54. The zero-order valence-electron chi connectivity index (χ0n) is 6.78. The molecule has 4 nitrogen and oxygen atoms in total. The molecule has 0 unspecified atom stereocenters. The topological polar surface area (TPSA) is 56.0 Å². The highest BCUT2D eigenvalue weighted by atomic mass is 19.3. The van der Waals surface area contributed by atoms with E-state index in [4.69, 9.17) is 0 Å². The number of rotatable bonds is 3. The molecule has 0 atom stereocenters. The van der Waals surface area contributed by atoms with Crippen LogP contribution in [0, 0.1) is 10.1 Å². The smallest absolute Gasteiger partial charge is 0.258 e. The third-order valence-corrected chi connectivity index (χ3v) is 1.60. The van der Waals surface area contributed by atoms with Crippen LogP contribution in [-0.4, -0.2) is 9.91 Å². The SMILES string of the molecule is O=[N+]([O-])c1ccnc(C(F)F)c1CF. The maximum absolute atomic E-state index is 12.3. The highest BCUT2D eigenvalue weighted by molar-refractivity contribution is 5.41. The summed E-state index contributed by atoms with van der Waals surface area (Å²) in [5, 5.41) is 10.3. The number of aromatic nitrogens is 1. The molecule has 0 saturated carbocycles. The van der Waals surface area contributed by atoms with Crippen molar-refractivity contribution in [2.75, 3.05) is 0 Å². The molecule has 14 heavy (non-hydrogen) atoms. The molecule has 0 aliphatic rings. The van der Waals surface area contributed by atoms with Crippen LogP contribution in [0.4, 0.5) is 18.9 Å². The summed E-state index contributed by atoms with van der Waals surface area (Å²) >= 11 is 0. The zero-order chi connectivity index (χ0) is 10.7. The largest absolute Gasteiger partial charge is 0.280 e.